The van der Waals surface area contributed by atoms with Crippen molar-refractivity contribution in [1.82, 2.24) is 19.8 Å². The number of phenols is 1. The summed E-state index contributed by atoms with van der Waals surface area (Å²) in [6.07, 6.45) is 3.63. The molecule has 4 aromatic rings. The molecule has 2 N–H and O–H groups in total. The van der Waals surface area contributed by atoms with Gasteiger partial charge in [0.25, 0.3) is 0 Å². The van der Waals surface area contributed by atoms with E-state index < -0.39 is 5.82 Å². The van der Waals surface area contributed by atoms with E-state index >= 15 is 4.39 Å². The predicted molar refractivity (Wildman–Crippen MR) is 175 cm³/mol. The zero-order chi connectivity index (χ0) is 32.1. The van der Waals surface area contributed by atoms with E-state index in [1.54, 1.807) is 12.1 Å². The second kappa shape index (κ2) is 12.2. The van der Waals surface area contributed by atoms with Gasteiger partial charge in [0.1, 0.15) is 30.1 Å². The van der Waals surface area contributed by atoms with Crippen LogP contribution in [0, 0.1) is 11.2 Å². The number of hydrogen-bond acceptors (Lipinski definition) is 9. The summed E-state index contributed by atoms with van der Waals surface area (Å²) in [5.74, 6) is -0.320. The molecule has 0 spiro atoms. The van der Waals surface area contributed by atoms with Crippen molar-refractivity contribution in [3.8, 4) is 22.9 Å². The molecule has 0 unspecified atom stereocenters. The van der Waals surface area contributed by atoms with Gasteiger partial charge in [-0.05, 0) is 73.8 Å². The van der Waals surface area contributed by atoms with E-state index in [-0.39, 0.29) is 64.2 Å². The Labute approximate surface area is 271 Å². The molecular formula is C34H36ClFN6O4. The van der Waals surface area contributed by atoms with Gasteiger partial charge in [-0.1, -0.05) is 35.9 Å². The zero-order valence-corrected chi connectivity index (χ0v) is 26.6. The van der Waals surface area contributed by atoms with Crippen LogP contribution in [0.1, 0.15) is 32.1 Å². The van der Waals surface area contributed by atoms with Crippen LogP contribution in [0.5, 0.6) is 11.8 Å². The molecule has 3 atom stereocenters. The first-order valence-electron chi connectivity index (χ1n) is 15.6. The Kier molecular flexibility index (Phi) is 8.06. The first-order chi connectivity index (χ1) is 22.2. The lowest BCUT2D eigenvalue weighted by Gasteiger charge is -2.42. The van der Waals surface area contributed by atoms with Gasteiger partial charge in [0.2, 0.25) is 5.91 Å². The minimum absolute atomic E-state index is 0.000811. The lowest BCUT2D eigenvalue weighted by atomic mass is 9.96. The maximum Gasteiger partial charge on any atom is 0.319 e. The van der Waals surface area contributed by atoms with Crippen LogP contribution in [-0.2, 0) is 9.53 Å². The van der Waals surface area contributed by atoms with Crippen LogP contribution >= 0.6 is 11.6 Å². The number of hydrogen-bond donors (Lipinski definition) is 2. The van der Waals surface area contributed by atoms with Crippen LogP contribution in [0.25, 0.3) is 32.8 Å². The van der Waals surface area contributed by atoms with E-state index in [4.69, 9.17) is 31.5 Å². The van der Waals surface area contributed by atoms with Crippen molar-refractivity contribution in [3.05, 3.63) is 53.3 Å². The summed E-state index contributed by atoms with van der Waals surface area (Å²) in [6, 6.07) is 12.4. The van der Waals surface area contributed by atoms with Gasteiger partial charge in [0, 0.05) is 42.2 Å². The molecular weight excluding hydrogens is 611 g/mol. The lowest BCUT2D eigenvalue weighted by molar-refractivity contribution is -0.133. The fourth-order valence-electron chi connectivity index (χ4n) is 7.36. The molecule has 3 aromatic carbocycles. The van der Waals surface area contributed by atoms with Gasteiger partial charge in [-0.3, -0.25) is 10.2 Å². The van der Waals surface area contributed by atoms with E-state index in [0.717, 1.165) is 43.0 Å². The number of carbonyl (C=O) groups excluding carboxylic acids is 1. The number of nitrogens with zero attached hydrogens (tertiary/aromatic N) is 5. The van der Waals surface area contributed by atoms with Crippen LogP contribution in [0.3, 0.4) is 0 Å². The Morgan fingerprint density at radius 3 is 2.59 bits per heavy atom. The fraction of sp³-hybridized carbons (Fsp3) is 0.412. The lowest BCUT2D eigenvalue weighted by Crippen LogP contribution is -2.56. The first kappa shape index (κ1) is 30.4. The van der Waals surface area contributed by atoms with E-state index in [1.165, 1.54) is 13.2 Å². The van der Waals surface area contributed by atoms with Crippen molar-refractivity contribution in [3.63, 3.8) is 0 Å². The van der Waals surface area contributed by atoms with Gasteiger partial charge < -0.3 is 29.3 Å². The number of likely N-dealkylation sites (N-methyl/N-ethyl adjacent to an activating group) is 1. The third kappa shape index (κ3) is 5.45. The number of fused-ring (bicyclic) bond motifs is 4. The number of methoxy groups -OCH3 is 1. The highest BCUT2D eigenvalue weighted by atomic mass is 35.5. The topological polar surface area (TPSA) is 115 Å². The smallest absolute Gasteiger partial charge is 0.319 e. The minimum Gasteiger partial charge on any atom is -0.508 e. The number of phenolic OH excluding ortho intramolecular Hbond substituents is 1. The van der Waals surface area contributed by atoms with E-state index in [0.29, 0.717) is 36.5 Å². The normalized spacial score (nSPS) is 21.3. The number of piperazine rings is 1. The summed E-state index contributed by atoms with van der Waals surface area (Å²) < 4.78 is 28.0. The average molecular weight is 647 g/mol. The van der Waals surface area contributed by atoms with E-state index in [9.17, 15) is 9.90 Å². The van der Waals surface area contributed by atoms with Crippen LogP contribution in [0.4, 0.5) is 10.2 Å². The zero-order valence-electron chi connectivity index (χ0n) is 25.8. The summed E-state index contributed by atoms with van der Waals surface area (Å²) in [7, 11) is 3.46. The highest BCUT2D eigenvalue weighted by Gasteiger charge is 2.43. The summed E-state index contributed by atoms with van der Waals surface area (Å²) in [6.45, 7) is 2.33. The summed E-state index contributed by atoms with van der Waals surface area (Å²) in [5, 5.41) is 20.5. The fourth-order valence-corrected chi connectivity index (χ4v) is 7.65. The SMILES string of the molecule is COC(=N)CC(=O)N1[C@@H]2CC[C@H]1CN(c1nc(OC[C@@H]3CCCN3C)nc3c(F)c(-c4cc(O)cc5ccccc45)c(Cl)cc13)C2. The third-order valence-corrected chi connectivity index (χ3v) is 9.96. The predicted octanol–water partition coefficient (Wildman–Crippen LogP) is 5.61. The number of nitrogens with one attached hydrogen (secondary N) is 1. The highest BCUT2D eigenvalue weighted by molar-refractivity contribution is 6.35. The second-order valence-corrected chi connectivity index (χ2v) is 12.9. The highest BCUT2D eigenvalue weighted by Crippen LogP contribution is 2.43. The standard InChI is InChI=1S/C34H36ClFN6O4/c1-40-11-5-7-22(40)18-46-34-38-32-26(14-27(35)30(31(32)36)25-13-23(43)12-19-6-3-4-8-24(19)25)33(39-34)41-16-20-9-10-21(17-41)42(20)29(44)15-28(37)45-2/h3-4,6,8,12-14,20-22,37,43H,5,7,9-11,15-18H2,1-2H3/t20-,21+,22-/m0/s1. The van der Waals surface area contributed by atoms with Crippen molar-refractivity contribution in [2.24, 2.45) is 0 Å². The number of amides is 1. The largest absolute Gasteiger partial charge is 0.508 e. The van der Waals surface area contributed by atoms with Crippen molar-refractivity contribution in [2.75, 3.05) is 45.3 Å². The van der Waals surface area contributed by atoms with Crippen LogP contribution in [0.2, 0.25) is 5.02 Å². The van der Waals surface area contributed by atoms with Crippen LogP contribution < -0.4 is 9.64 Å². The monoisotopic (exact) mass is 646 g/mol. The van der Waals surface area contributed by atoms with Gasteiger partial charge in [-0.15, -0.1) is 0 Å². The Morgan fingerprint density at radius 2 is 1.87 bits per heavy atom. The molecule has 0 radical (unpaired) electrons. The molecule has 3 aliphatic rings. The molecule has 240 valence electrons. The molecule has 12 heteroatoms. The Balaban J connectivity index is 1.32. The average Bonchev–Trinajstić information content (AvgIpc) is 3.57. The molecule has 3 saturated heterocycles. The molecule has 0 saturated carbocycles. The molecule has 1 amide bonds. The number of anilines is 1. The molecule has 7 rings (SSSR count). The molecule has 1 aromatic heterocycles. The summed E-state index contributed by atoms with van der Waals surface area (Å²) in [5.41, 5.74) is 0.677. The molecule has 3 aliphatic heterocycles. The van der Waals surface area contributed by atoms with Crippen LogP contribution in [-0.4, -0.2) is 95.2 Å². The molecule has 46 heavy (non-hydrogen) atoms. The van der Waals surface area contributed by atoms with E-state index in [1.807, 2.05) is 29.2 Å². The van der Waals surface area contributed by atoms with Crippen molar-refractivity contribution >= 4 is 50.9 Å². The van der Waals surface area contributed by atoms with Crippen molar-refractivity contribution in [1.29, 1.82) is 5.41 Å². The van der Waals surface area contributed by atoms with Crippen molar-refractivity contribution < 1.29 is 23.8 Å². The van der Waals surface area contributed by atoms with E-state index in [2.05, 4.69) is 21.8 Å². The molecule has 2 bridgehead atoms. The van der Waals surface area contributed by atoms with Gasteiger partial charge >= 0.3 is 6.01 Å². The molecule has 0 aliphatic carbocycles. The van der Waals surface area contributed by atoms with Gasteiger partial charge in [-0.2, -0.15) is 9.97 Å². The second-order valence-electron chi connectivity index (χ2n) is 12.5. The summed E-state index contributed by atoms with van der Waals surface area (Å²) >= 11 is 6.89. The number of likely N-dealkylation sites (tertiary alicyclic amines) is 1. The number of ether oxygens (including phenoxy) is 2. The van der Waals surface area contributed by atoms with Gasteiger partial charge in [0.15, 0.2) is 11.7 Å². The molecule has 4 heterocycles. The Hall–Kier alpha value is -4.22. The molecule has 10 nitrogen and oxygen atoms in total. The minimum atomic E-state index is -0.625. The Morgan fingerprint density at radius 1 is 1.11 bits per heavy atom. The number of aromatic hydroxyl groups is 1. The number of carbonyl (C=O) groups is 1. The maximum atomic E-state index is 16.9. The summed E-state index contributed by atoms with van der Waals surface area (Å²) in [4.78, 5) is 28.7. The van der Waals surface area contributed by atoms with Crippen LogP contribution in [0.15, 0.2) is 42.5 Å². The quantitative estimate of drug-likeness (QED) is 0.197. The maximum absolute atomic E-state index is 16.9. The molecule has 3 fully saturated rings. The number of benzene rings is 3. The third-order valence-electron chi connectivity index (χ3n) is 9.66. The van der Waals surface area contributed by atoms with Gasteiger partial charge in [0.05, 0.1) is 12.1 Å². The number of aromatic nitrogens is 2. The Bertz CT molecular complexity index is 1840. The van der Waals surface area contributed by atoms with Crippen molar-refractivity contribution in [2.45, 2.75) is 50.2 Å². The van der Waals surface area contributed by atoms with Gasteiger partial charge in [-0.25, -0.2) is 4.39 Å². The first-order valence-corrected chi connectivity index (χ1v) is 16.0. The number of rotatable bonds is 7. The number of halogens is 2.